The van der Waals surface area contributed by atoms with E-state index in [0.29, 0.717) is 21.4 Å². The lowest BCUT2D eigenvalue weighted by Crippen LogP contribution is -2.50. The highest BCUT2D eigenvalue weighted by Gasteiger charge is 2.43. The highest BCUT2D eigenvalue weighted by molar-refractivity contribution is 7.89. The number of aliphatic imine (C=N–C) groups is 1. The monoisotopic (exact) mass is 487 g/mol. The molecule has 0 bridgehead atoms. The molecule has 9 nitrogen and oxygen atoms in total. The minimum absolute atomic E-state index is 0.0657. The van der Waals surface area contributed by atoms with Crippen LogP contribution in [0.1, 0.15) is 11.8 Å². The number of sulfonamides is 1. The van der Waals surface area contributed by atoms with E-state index in [1.165, 1.54) is 18.4 Å². The summed E-state index contributed by atoms with van der Waals surface area (Å²) in [5, 5.41) is 5.41. The number of aromatic nitrogens is 4. The lowest BCUT2D eigenvalue weighted by atomic mass is 10.0. The molecule has 0 radical (unpaired) electrons. The molecule has 1 atom stereocenters. The predicted molar refractivity (Wildman–Crippen MR) is 126 cm³/mol. The zero-order chi connectivity index (χ0) is 22.7. The number of hydrogen-bond donors (Lipinski definition) is 1. The summed E-state index contributed by atoms with van der Waals surface area (Å²) >= 11 is 8.12. The molecule has 32 heavy (non-hydrogen) atoms. The summed E-state index contributed by atoms with van der Waals surface area (Å²) in [5.41, 5.74) is 6.33. The van der Waals surface area contributed by atoms with Crippen LogP contribution in [0.4, 0.5) is 0 Å². The molecule has 0 spiro atoms. The molecule has 0 fully saturated rings. The van der Waals surface area contributed by atoms with Crippen LogP contribution in [-0.4, -0.2) is 51.2 Å². The molecule has 0 unspecified atom stereocenters. The minimum Gasteiger partial charge on any atom is -0.369 e. The molecule has 164 valence electrons. The molecule has 4 aromatic rings. The molecule has 1 aliphatic heterocycles. The second-order valence-corrected chi connectivity index (χ2v) is 11.0. The zero-order valence-corrected chi connectivity index (χ0v) is 19.5. The second-order valence-electron chi connectivity index (χ2n) is 7.60. The molecular weight excluding hydrogens is 470 g/mol. The van der Waals surface area contributed by atoms with Crippen LogP contribution < -0.4 is 5.73 Å². The van der Waals surface area contributed by atoms with Crippen molar-refractivity contribution in [2.75, 3.05) is 12.8 Å². The standard InChI is InChI=1S/C20H18ClN7O2S2/c1-20(11-32(29,30)27(2)19(22)26-20)18-15(21)13-6-8-23-16(17(13)31-18)12-4-5-14(24-10-12)28-9-3-7-25-28/h3-10H,11H2,1-2H3,(H2,22,26)/t20-/m0/s1. The fourth-order valence-corrected chi connectivity index (χ4v) is 7.03. The van der Waals surface area contributed by atoms with Crippen LogP contribution in [0.2, 0.25) is 5.02 Å². The number of halogens is 1. The third-order valence-corrected chi connectivity index (χ3v) is 9.28. The van der Waals surface area contributed by atoms with Gasteiger partial charge < -0.3 is 5.73 Å². The normalized spacial score (nSPS) is 20.5. The van der Waals surface area contributed by atoms with Crippen LogP contribution >= 0.6 is 22.9 Å². The van der Waals surface area contributed by atoms with Gasteiger partial charge in [-0.3, -0.25) is 4.98 Å². The topological polar surface area (TPSA) is 119 Å². The summed E-state index contributed by atoms with van der Waals surface area (Å²) in [4.78, 5) is 14.1. The van der Waals surface area contributed by atoms with E-state index < -0.39 is 15.6 Å². The maximum Gasteiger partial charge on any atom is 0.239 e. The second kappa shape index (κ2) is 7.26. The van der Waals surface area contributed by atoms with Gasteiger partial charge in [0.15, 0.2) is 5.82 Å². The van der Waals surface area contributed by atoms with Gasteiger partial charge in [0, 0.05) is 42.8 Å². The Morgan fingerprint density at radius 3 is 2.69 bits per heavy atom. The van der Waals surface area contributed by atoms with Crippen LogP contribution in [0, 0.1) is 0 Å². The molecule has 12 heteroatoms. The van der Waals surface area contributed by atoms with Gasteiger partial charge in [-0.1, -0.05) is 11.6 Å². The summed E-state index contributed by atoms with van der Waals surface area (Å²) in [5.74, 6) is 0.390. The van der Waals surface area contributed by atoms with Crippen molar-refractivity contribution in [3.05, 3.63) is 59.0 Å². The first kappa shape index (κ1) is 20.9. The van der Waals surface area contributed by atoms with Crippen molar-refractivity contribution in [3.8, 4) is 17.1 Å². The fraction of sp³-hybridized carbons (Fsp3) is 0.200. The summed E-state index contributed by atoms with van der Waals surface area (Å²) in [6, 6.07) is 7.41. The van der Waals surface area contributed by atoms with E-state index in [-0.39, 0.29) is 11.7 Å². The zero-order valence-electron chi connectivity index (χ0n) is 17.1. The molecule has 2 N–H and O–H groups in total. The van der Waals surface area contributed by atoms with Crippen LogP contribution in [0.5, 0.6) is 0 Å². The molecule has 0 saturated carbocycles. The van der Waals surface area contributed by atoms with Gasteiger partial charge >= 0.3 is 0 Å². The average molecular weight is 488 g/mol. The van der Waals surface area contributed by atoms with E-state index >= 15 is 0 Å². The maximum atomic E-state index is 12.6. The molecular formula is C20H18ClN7O2S2. The molecule has 5 heterocycles. The van der Waals surface area contributed by atoms with Crippen LogP contribution in [0.15, 0.2) is 54.0 Å². The summed E-state index contributed by atoms with van der Waals surface area (Å²) in [7, 11) is -2.23. The van der Waals surface area contributed by atoms with E-state index in [4.69, 9.17) is 17.3 Å². The van der Waals surface area contributed by atoms with E-state index in [1.54, 1.807) is 30.2 Å². The first-order valence-corrected chi connectivity index (χ1v) is 12.4. The third kappa shape index (κ3) is 3.24. The Morgan fingerprint density at radius 2 is 2.03 bits per heavy atom. The summed E-state index contributed by atoms with van der Waals surface area (Å²) in [6.45, 7) is 1.73. The van der Waals surface area contributed by atoms with Crippen LogP contribution in [0.25, 0.3) is 27.2 Å². The SMILES string of the molecule is CN1C(N)=N[C@](C)(c2sc3c(-c4ccc(-n5cccn5)nc4)nccc3c2Cl)CS1(=O)=O. The highest BCUT2D eigenvalue weighted by Crippen LogP contribution is 2.47. The number of pyridine rings is 2. The summed E-state index contributed by atoms with van der Waals surface area (Å²) in [6.07, 6.45) is 6.90. The first-order chi connectivity index (χ1) is 15.2. The molecule has 0 amide bonds. The number of hydrogen-bond acceptors (Lipinski definition) is 8. The van der Waals surface area contributed by atoms with Crippen molar-refractivity contribution in [2.45, 2.75) is 12.5 Å². The third-order valence-electron chi connectivity index (χ3n) is 5.36. The largest absolute Gasteiger partial charge is 0.369 e. The van der Waals surface area contributed by atoms with Crippen molar-refractivity contribution in [2.24, 2.45) is 10.7 Å². The Labute approximate surface area is 193 Å². The number of thiophene rings is 1. The van der Waals surface area contributed by atoms with Crippen molar-refractivity contribution in [1.82, 2.24) is 24.1 Å². The molecule has 5 rings (SSSR count). The average Bonchev–Trinajstić information content (AvgIpc) is 3.41. The molecule has 0 saturated heterocycles. The molecule has 4 aromatic heterocycles. The van der Waals surface area contributed by atoms with Crippen LogP contribution in [-0.2, 0) is 15.6 Å². The highest BCUT2D eigenvalue weighted by atomic mass is 35.5. The smallest absolute Gasteiger partial charge is 0.239 e. The quantitative estimate of drug-likeness (QED) is 0.474. The fourth-order valence-electron chi connectivity index (χ4n) is 3.68. The maximum absolute atomic E-state index is 12.6. The van der Waals surface area contributed by atoms with Gasteiger partial charge in [0.05, 0.1) is 26.0 Å². The molecule has 0 aromatic carbocycles. The summed E-state index contributed by atoms with van der Waals surface area (Å²) < 4.78 is 28.7. The Bertz CT molecular complexity index is 1460. The van der Waals surface area contributed by atoms with Gasteiger partial charge in [0.1, 0.15) is 5.54 Å². The number of guanidine groups is 1. The van der Waals surface area contributed by atoms with Crippen molar-refractivity contribution >= 4 is 49.0 Å². The molecule has 0 aliphatic carbocycles. The van der Waals surface area contributed by atoms with Gasteiger partial charge in [-0.05, 0) is 31.2 Å². The lowest BCUT2D eigenvalue weighted by molar-refractivity contribution is 0.482. The Balaban J connectivity index is 1.64. The lowest BCUT2D eigenvalue weighted by Gasteiger charge is -2.33. The first-order valence-electron chi connectivity index (χ1n) is 9.55. The van der Waals surface area contributed by atoms with Gasteiger partial charge in [0.2, 0.25) is 16.0 Å². The van der Waals surface area contributed by atoms with Gasteiger partial charge in [-0.25, -0.2) is 27.4 Å². The molecule has 1 aliphatic rings. The van der Waals surface area contributed by atoms with Crippen molar-refractivity contribution < 1.29 is 8.42 Å². The van der Waals surface area contributed by atoms with E-state index in [2.05, 4.69) is 20.1 Å². The minimum atomic E-state index is -3.62. The Morgan fingerprint density at radius 1 is 1.22 bits per heavy atom. The van der Waals surface area contributed by atoms with Crippen molar-refractivity contribution in [1.29, 1.82) is 0 Å². The number of nitrogens with two attached hydrogens (primary N) is 1. The van der Waals surface area contributed by atoms with E-state index in [0.717, 1.165) is 20.0 Å². The van der Waals surface area contributed by atoms with Gasteiger partial charge in [-0.15, -0.1) is 11.3 Å². The number of nitrogens with zero attached hydrogens (tertiary/aromatic N) is 6. The van der Waals surface area contributed by atoms with Crippen LogP contribution in [0.3, 0.4) is 0 Å². The van der Waals surface area contributed by atoms with E-state index in [9.17, 15) is 8.42 Å². The number of rotatable bonds is 3. The number of fused-ring (bicyclic) bond motifs is 1. The van der Waals surface area contributed by atoms with Gasteiger partial charge in [0.25, 0.3) is 0 Å². The van der Waals surface area contributed by atoms with E-state index in [1.807, 2.05) is 30.5 Å². The Hall–Kier alpha value is -3.02. The van der Waals surface area contributed by atoms with Gasteiger partial charge in [-0.2, -0.15) is 5.10 Å². The predicted octanol–water partition coefficient (Wildman–Crippen LogP) is 3.00. The Kier molecular flexibility index (Phi) is 4.73. The van der Waals surface area contributed by atoms with Crippen molar-refractivity contribution in [3.63, 3.8) is 0 Å².